The molecule has 4 atom stereocenters. The molecule has 3 aliphatic heterocycles. The zero-order chi connectivity index (χ0) is 20.8. The van der Waals surface area contributed by atoms with E-state index in [1.807, 2.05) is 0 Å². The molecule has 3 saturated heterocycles. The molecule has 150 valence electrons. The number of anilines is 1. The molecule has 0 bridgehead atoms. The Hall–Kier alpha value is -2.83. The van der Waals surface area contributed by atoms with Crippen molar-refractivity contribution in [2.75, 3.05) is 11.4 Å². The Morgan fingerprint density at radius 2 is 1.63 bits per heavy atom. The highest BCUT2D eigenvalue weighted by Gasteiger charge is 2.80. The van der Waals surface area contributed by atoms with Crippen molar-refractivity contribution >= 4 is 40.7 Å². The minimum Gasteiger partial charge on any atom is -0.313 e. The molecule has 2 aromatic rings. The average molecular weight is 422 g/mol. The van der Waals surface area contributed by atoms with Gasteiger partial charge in [-0.05, 0) is 18.2 Å². The van der Waals surface area contributed by atoms with E-state index in [9.17, 15) is 19.2 Å². The maximum absolute atomic E-state index is 13.7. The fraction of sp³-hybridized carbons (Fsp3) is 0.304. The van der Waals surface area contributed by atoms with Crippen LogP contribution in [0, 0.1) is 11.8 Å². The molecule has 30 heavy (non-hydrogen) atoms. The van der Waals surface area contributed by atoms with Gasteiger partial charge in [-0.15, -0.1) is 0 Å². The number of nitrogens with zero attached hydrogens (tertiary/aromatic N) is 1. The number of benzene rings is 2. The number of quaternary nitrogens is 1. The van der Waals surface area contributed by atoms with Crippen molar-refractivity contribution in [3.05, 3.63) is 64.7 Å². The van der Waals surface area contributed by atoms with Crippen molar-refractivity contribution in [2.45, 2.75) is 24.4 Å². The Morgan fingerprint density at radius 1 is 0.933 bits per heavy atom. The highest BCUT2D eigenvalue weighted by Crippen LogP contribution is 2.48. The number of nitrogens with one attached hydrogen (secondary N) is 1. The zero-order valence-electron chi connectivity index (χ0n) is 15.9. The maximum atomic E-state index is 13.7. The van der Waals surface area contributed by atoms with Crippen LogP contribution in [0.4, 0.5) is 5.69 Å². The van der Waals surface area contributed by atoms with Gasteiger partial charge in [0.15, 0.2) is 0 Å². The van der Waals surface area contributed by atoms with Crippen LogP contribution in [0.5, 0.6) is 0 Å². The van der Waals surface area contributed by atoms with Gasteiger partial charge in [0.1, 0.15) is 17.9 Å². The standard InChI is InChI=1S/C23H17ClN2O4/c24-12-5-3-6-13(11-12)26-21(29)17-16-9-4-10-25(16)23(18(17)22(26)30)19(27)14-7-1-2-8-15(14)20(23)28/h1-3,5-8,11,16-18H,4,9-10H2/p+1/t16-,17+,18-/m0/s1. The molecule has 1 unspecified atom stereocenters. The second-order valence-corrected chi connectivity index (χ2v) is 8.97. The maximum Gasteiger partial charge on any atom is 0.245 e. The van der Waals surface area contributed by atoms with Crippen molar-refractivity contribution in [3.8, 4) is 0 Å². The summed E-state index contributed by atoms with van der Waals surface area (Å²) in [6.45, 7) is 0.612. The molecule has 1 spiro atoms. The summed E-state index contributed by atoms with van der Waals surface area (Å²) in [5, 5.41) is 0.411. The topological polar surface area (TPSA) is 76.0 Å². The van der Waals surface area contributed by atoms with E-state index in [-0.39, 0.29) is 23.5 Å². The van der Waals surface area contributed by atoms with Crippen LogP contribution in [0.3, 0.4) is 0 Å². The van der Waals surface area contributed by atoms with E-state index in [1.165, 1.54) is 0 Å². The Kier molecular flexibility index (Phi) is 3.51. The van der Waals surface area contributed by atoms with E-state index in [0.717, 1.165) is 22.6 Å². The monoisotopic (exact) mass is 421 g/mol. The summed E-state index contributed by atoms with van der Waals surface area (Å²) in [4.78, 5) is 56.6. The normalized spacial score (nSPS) is 30.9. The van der Waals surface area contributed by atoms with Gasteiger partial charge in [-0.1, -0.05) is 41.9 Å². The van der Waals surface area contributed by atoms with E-state index in [0.29, 0.717) is 28.4 Å². The van der Waals surface area contributed by atoms with Crippen LogP contribution in [0.2, 0.25) is 5.02 Å². The third-order valence-corrected chi connectivity index (χ3v) is 7.60. The van der Waals surface area contributed by atoms with E-state index < -0.39 is 23.3 Å². The minimum atomic E-state index is -1.53. The average Bonchev–Trinajstić information content (AvgIpc) is 3.43. The summed E-state index contributed by atoms with van der Waals surface area (Å²) in [6, 6.07) is 13.1. The molecule has 1 aliphatic carbocycles. The second-order valence-electron chi connectivity index (χ2n) is 8.53. The van der Waals surface area contributed by atoms with E-state index in [1.54, 1.807) is 48.5 Å². The van der Waals surface area contributed by atoms with E-state index in [4.69, 9.17) is 11.6 Å². The van der Waals surface area contributed by atoms with Gasteiger partial charge in [-0.3, -0.25) is 19.2 Å². The highest BCUT2D eigenvalue weighted by molar-refractivity contribution is 6.37. The fourth-order valence-corrected chi connectivity index (χ4v) is 6.55. The third-order valence-electron chi connectivity index (χ3n) is 7.37. The quantitative estimate of drug-likeness (QED) is 0.556. The van der Waals surface area contributed by atoms with Crippen LogP contribution in [0.15, 0.2) is 48.5 Å². The molecule has 6 nitrogen and oxygen atoms in total. The summed E-state index contributed by atoms with van der Waals surface area (Å²) in [7, 11) is 0. The first-order valence-electron chi connectivity index (χ1n) is 10.2. The first-order chi connectivity index (χ1) is 14.5. The van der Waals surface area contributed by atoms with Crippen molar-refractivity contribution < 1.29 is 24.1 Å². The molecule has 1 N–H and O–H groups in total. The third kappa shape index (κ3) is 1.89. The van der Waals surface area contributed by atoms with Crippen LogP contribution < -0.4 is 9.80 Å². The fourth-order valence-electron chi connectivity index (χ4n) is 6.36. The Balaban J connectivity index is 1.55. The minimum absolute atomic E-state index is 0.210. The summed E-state index contributed by atoms with van der Waals surface area (Å²) in [6.07, 6.45) is 1.54. The van der Waals surface area contributed by atoms with Gasteiger partial charge in [-0.25, -0.2) is 4.90 Å². The molecule has 0 aromatic heterocycles. The number of amides is 2. The lowest BCUT2D eigenvalue weighted by Crippen LogP contribution is -3.22. The van der Waals surface area contributed by atoms with E-state index in [2.05, 4.69) is 0 Å². The molecule has 3 heterocycles. The van der Waals surface area contributed by atoms with Gasteiger partial charge < -0.3 is 4.90 Å². The summed E-state index contributed by atoms with van der Waals surface area (Å²) in [5.74, 6) is -3.07. The molecule has 6 rings (SSSR count). The largest absolute Gasteiger partial charge is 0.313 e. The Morgan fingerprint density at radius 3 is 2.30 bits per heavy atom. The van der Waals surface area contributed by atoms with Crippen molar-refractivity contribution in [2.24, 2.45) is 11.8 Å². The smallest absolute Gasteiger partial charge is 0.245 e. The molecule has 7 heteroatoms. The molecule has 2 amide bonds. The number of carbonyl (C=O) groups excluding carboxylic acids is 4. The zero-order valence-corrected chi connectivity index (χ0v) is 16.7. The first kappa shape index (κ1) is 18.0. The van der Waals surface area contributed by atoms with Gasteiger partial charge in [-0.2, -0.15) is 0 Å². The van der Waals surface area contributed by atoms with Crippen LogP contribution in [-0.4, -0.2) is 41.5 Å². The number of ketones is 2. The van der Waals surface area contributed by atoms with Gasteiger partial charge in [0.05, 0.1) is 12.2 Å². The number of fused-ring (bicyclic) bond motifs is 6. The predicted octanol–water partition coefficient (Wildman–Crippen LogP) is 1.32. The number of rotatable bonds is 1. The number of hydrogen-bond donors (Lipinski definition) is 1. The summed E-state index contributed by atoms with van der Waals surface area (Å²) >= 11 is 6.09. The van der Waals surface area contributed by atoms with Crippen molar-refractivity contribution in [3.63, 3.8) is 0 Å². The van der Waals surface area contributed by atoms with Crippen LogP contribution in [-0.2, 0) is 9.59 Å². The number of Topliss-reactive ketones (excluding diaryl/α,β-unsaturated/α-hetero) is 2. The summed E-state index contributed by atoms with van der Waals surface area (Å²) < 4.78 is 0. The predicted molar refractivity (Wildman–Crippen MR) is 108 cm³/mol. The molecular weight excluding hydrogens is 404 g/mol. The molecule has 4 aliphatic rings. The molecule has 3 fully saturated rings. The van der Waals surface area contributed by atoms with Crippen LogP contribution >= 0.6 is 11.6 Å². The first-order valence-corrected chi connectivity index (χ1v) is 10.5. The lowest BCUT2D eigenvalue weighted by atomic mass is 9.76. The van der Waals surface area contributed by atoms with Gasteiger partial charge in [0, 0.05) is 29.0 Å². The number of carbonyl (C=O) groups is 4. The van der Waals surface area contributed by atoms with Crippen LogP contribution in [0.1, 0.15) is 33.6 Å². The number of halogens is 1. The molecule has 0 radical (unpaired) electrons. The van der Waals surface area contributed by atoms with Gasteiger partial charge >= 0.3 is 0 Å². The summed E-state index contributed by atoms with van der Waals surface area (Å²) in [5.41, 5.74) is -0.419. The SMILES string of the molecule is O=C1[C@H]2[C@@H](C(=O)N1c1cccc(Cl)c1)C1(C(=O)c3ccccc3C1=O)[NH+]1CCC[C@@H]21. The van der Waals surface area contributed by atoms with Gasteiger partial charge in [0.25, 0.3) is 0 Å². The Labute approximate surface area is 177 Å². The van der Waals surface area contributed by atoms with Crippen molar-refractivity contribution in [1.29, 1.82) is 0 Å². The lowest BCUT2D eigenvalue weighted by molar-refractivity contribution is -0.930. The second kappa shape index (κ2) is 5.86. The molecule has 0 saturated carbocycles. The molecular formula is C23H18ClN2O4+. The number of imide groups is 1. The van der Waals surface area contributed by atoms with Crippen LogP contribution in [0.25, 0.3) is 0 Å². The van der Waals surface area contributed by atoms with Crippen molar-refractivity contribution in [1.82, 2.24) is 0 Å². The van der Waals surface area contributed by atoms with Gasteiger partial charge in [0.2, 0.25) is 28.9 Å². The molecule has 2 aromatic carbocycles. The number of hydrogen-bond acceptors (Lipinski definition) is 4. The Bertz CT molecular complexity index is 1140. The highest BCUT2D eigenvalue weighted by atomic mass is 35.5. The van der Waals surface area contributed by atoms with E-state index >= 15 is 0 Å². The lowest BCUT2D eigenvalue weighted by Gasteiger charge is -2.32.